The van der Waals surface area contributed by atoms with Crippen molar-refractivity contribution in [2.24, 2.45) is 0 Å². The van der Waals surface area contributed by atoms with E-state index in [0.29, 0.717) is 12.8 Å². The standard InChI is InChI=1S/C11H22N2O4S/c1-12(2)18(16,17)13(3)11(9-10(14)15)7-5-4-6-8-11/h4-9H2,1-3H3,(H,14,15). The predicted molar refractivity (Wildman–Crippen MR) is 68.4 cm³/mol. The van der Waals surface area contributed by atoms with Crippen molar-refractivity contribution >= 4 is 16.2 Å². The number of rotatable bonds is 5. The third-order valence-corrected chi connectivity index (χ3v) is 5.74. The second kappa shape index (κ2) is 5.54. The first-order valence-corrected chi connectivity index (χ1v) is 7.50. The number of carbonyl (C=O) groups is 1. The lowest BCUT2D eigenvalue weighted by atomic mass is 9.79. The van der Waals surface area contributed by atoms with E-state index in [1.54, 1.807) is 0 Å². The largest absolute Gasteiger partial charge is 0.481 e. The number of nitrogens with zero attached hydrogens (tertiary/aromatic N) is 2. The maximum absolute atomic E-state index is 12.2. The van der Waals surface area contributed by atoms with Crippen molar-refractivity contribution < 1.29 is 18.3 Å². The van der Waals surface area contributed by atoms with Crippen LogP contribution in [0.25, 0.3) is 0 Å². The van der Waals surface area contributed by atoms with Gasteiger partial charge >= 0.3 is 5.97 Å². The van der Waals surface area contributed by atoms with Gasteiger partial charge in [-0.2, -0.15) is 17.0 Å². The molecule has 0 aromatic carbocycles. The Hall–Kier alpha value is -0.660. The van der Waals surface area contributed by atoms with Gasteiger partial charge in [-0.3, -0.25) is 4.79 Å². The first kappa shape index (κ1) is 15.4. The quantitative estimate of drug-likeness (QED) is 0.810. The van der Waals surface area contributed by atoms with E-state index < -0.39 is 21.7 Å². The summed E-state index contributed by atoms with van der Waals surface area (Å²) in [7, 11) is 0.835. The predicted octanol–water partition coefficient (Wildman–Crippen LogP) is 0.902. The van der Waals surface area contributed by atoms with Crippen molar-refractivity contribution in [1.29, 1.82) is 0 Å². The molecule has 1 fully saturated rings. The van der Waals surface area contributed by atoms with Gasteiger partial charge in [0.1, 0.15) is 0 Å². The van der Waals surface area contributed by atoms with Crippen LogP contribution in [0.5, 0.6) is 0 Å². The summed E-state index contributed by atoms with van der Waals surface area (Å²) < 4.78 is 26.7. The zero-order valence-corrected chi connectivity index (χ0v) is 12.0. The number of hydrogen-bond donors (Lipinski definition) is 1. The van der Waals surface area contributed by atoms with E-state index in [1.807, 2.05) is 0 Å². The summed E-state index contributed by atoms with van der Waals surface area (Å²) in [6.45, 7) is 0. The third-order valence-electron chi connectivity index (χ3n) is 3.74. The second-order valence-electron chi connectivity index (χ2n) is 5.11. The van der Waals surface area contributed by atoms with E-state index in [9.17, 15) is 13.2 Å². The lowest BCUT2D eigenvalue weighted by molar-refractivity contribution is -0.140. The van der Waals surface area contributed by atoms with Crippen LogP contribution >= 0.6 is 0 Å². The van der Waals surface area contributed by atoms with Gasteiger partial charge in [0.05, 0.1) is 6.42 Å². The van der Waals surface area contributed by atoms with E-state index in [0.717, 1.165) is 23.6 Å². The molecule has 7 heteroatoms. The van der Waals surface area contributed by atoms with Gasteiger partial charge in [-0.05, 0) is 12.8 Å². The summed E-state index contributed by atoms with van der Waals surface area (Å²) in [6.07, 6.45) is 3.89. The molecule has 0 amide bonds. The second-order valence-corrected chi connectivity index (χ2v) is 7.29. The molecule has 0 atom stereocenters. The maximum Gasteiger partial charge on any atom is 0.305 e. The smallest absolute Gasteiger partial charge is 0.305 e. The van der Waals surface area contributed by atoms with Gasteiger partial charge in [0.25, 0.3) is 10.2 Å². The Balaban J connectivity index is 3.07. The van der Waals surface area contributed by atoms with Crippen LogP contribution in [-0.4, -0.2) is 54.8 Å². The van der Waals surface area contributed by atoms with Crippen LogP contribution in [0.3, 0.4) is 0 Å². The average Bonchev–Trinajstić information content (AvgIpc) is 2.28. The van der Waals surface area contributed by atoms with Gasteiger partial charge in [-0.25, -0.2) is 0 Å². The van der Waals surface area contributed by atoms with Gasteiger partial charge in [-0.15, -0.1) is 0 Å². The van der Waals surface area contributed by atoms with E-state index in [2.05, 4.69) is 0 Å². The first-order valence-electron chi connectivity index (χ1n) is 6.11. The zero-order valence-electron chi connectivity index (χ0n) is 11.2. The van der Waals surface area contributed by atoms with Crippen LogP contribution < -0.4 is 0 Å². The Kier molecular flexibility index (Phi) is 4.74. The average molecular weight is 278 g/mol. The molecule has 0 aromatic heterocycles. The van der Waals surface area contributed by atoms with E-state index >= 15 is 0 Å². The molecule has 0 radical (unpaired) electrons. The lowest BCUT2D eigenvalue weighted by Gasteiger charge is -2.43. The van der Waals surface area contributed by atoms with Gasteiger partial charge in [0, 0.05) is 26.7 Å². The molecule has 0 bridgehead atoms. The van der Waals surface area contributed by atoms with E-state index in [-0.39, 0.29) is 6.42 Å². The van der Waals surface area contributed by atoms with Crippen LogP contribution in [0.15, 0.2) is 0 Å². The molecule has 6 nitrogen and oxygen atoms in total. The highest BCUT2D eigenvalue weighted by Crippen LogP contribution is 2.37. The number of carboxylic acids is 1. The highest BCUT2D eigenvalue weighted by molar-refractivity contribution is 7.86. The minimum Gasteiger partial charge on any atom is -0.481 e. The fraction of sp³-hybridized carbons (Fsp3) is 0.909. The molecule has 1 rings (SSSR count). The van der Waals surface area contributed by atoms with Gasteiger partial charge in [-0.1, -0.05) is 19.3 Å². The molecule has 0 unspecified atom stereocenters. The SMILES string of the molecule is CN(C)S(=O)(=O)N(C)C1(CC(=O)O)CCCCC1. The molecular weight excluding hydrogens is 256 g/mol. The molecule has 0 heterocycles. The van der Waals surface area contributed by atoms with Gasteiger partial charge in [0.2, 0.25) is 0 Å². The first-order chi connectivity index (χ1) is 8.22. The fourth-order valence-electron chi connectivity index (χ4n) is 2.58. The van der Waals surface area contributed by atoms with E-state index in [1.165, 1.54) is 25.4 Å². The minimum absolute atomic E-state index is 0.128. The Bertz CT molecular complexity index is 399. The molecule has 0 saturated heterocycles. The Morgan fingerprint density at radius 2 is 1.67 bits per heavy atom. The van der Waals surface area contributed by atoms with Crippen molar-refractivity contribution in [2.75, 3.05) is 21.1 Å². The van der Waals surface area contributed by atoms with Crippen molar-refractivity contribution in [3.63, 3.8) is 0 Å². The van der Waals surface area contributed by atoms with Gasteiger partial charge < -0.3 is 5.11 Å². The Morgan fingerprint density at radius 1 is 1.17 bits per heavy atom. The summed E-state index contributed by atoms with van der Waals surface area (Å²) in [5.74, 6) is -0.947. The van der Waals surface area contributed by atoms with Crippen molar-refractivity contribution in [3.05, 3.63) is 0 Å². The molecule has 1 N–H and O–H groups in total. The lowest BCUT2D eigenvalue weighted by Crippen LogP contribution is -2.54. The molecule has 0 aliphatic heterocycles. The summed E-state index contributed by atoms with van der Waals surface area (Å²) in [6, 6.07) is 0. The molecule has 0 spiro atoms. The maximum atomic E-state index is 12.2. The number of hydrogen-bond acceptors (Lipinski definition) is 3. The Morgan fingerprint density at radius 3 is 2.06 bits per heavy atom. The highest BCUT2D eigenvalue weighted by Gasteiger charge is 2.44. The fourth-order valence-corrected chi connectivity index (χ4v) is 3.81. The van der Waals surface area contributed by atoms with Crippen LogP contribution in [-0.2, 0) is 15.0 Å². The molecular formula is C11H22N2O4S. The van der Waals surface area contributed by atoms with Crippen LogP contribution in [0.2, 0.25) is 0 Å². The van der Waals surface area contributed by atoms with Crippen LogP contribution in [0.4, 0.5) is 0 Å². The third kappa shape index (κ3) is 3.02. The summed E-state index contributed by atoms with van der Waals surface area (Å²) in [5.41, 5.74) is -0.771. The molecule has 1 aliphatic carbocycles. The monoisotopic (exact) mass is 278 g/mol. The van der Waals surface area contributed by atoms with Crippen LogP contribution in [0, 0.1) is 0 Å². The summed E-state index contributed by atoms with van der Waals surface area (Å²) in [5, 5.41) is 9.05. The topological polar surface area (TPSA) is 77.9 Å². The van der Waals surface area contributed by atoms with Crippen LogP contribution in [0.1, 0.15) is 38.5 Å². The molecule has 1 aliphatic rings. The highest BCUT2D eigenvalue weighted by atomic mass is 32.2. The molecule has 18 heavy (non-hydrogen) atoms. The molecule has 1 saturated carbocycles. The number of aliphatic carboxylic acids is 1. The summed E-state index contributed by atoms with van der Waals surface area (Å²) in [4.78, 5) is 11.0. The minimum atomic E-state index is -3.58. The normalized spacial score (nSPS) is 20.3. The van der Waals surface area contributed by atoms with Crippen molar-refractivity contribution in [3.8, 4) is 0 Å². The summed E-state index contributed by atoms with van der Waals surface area (Å²) >= 11 is 0. The van der Waals surface area contributed by atoms with Gasteiger partial charge in [0.15, 0.2) is 0 Å². The van der Waals surface area contributed by atoms with Crippen molar-refractivity contribution in [2.45, 2.75) is 44.1 Å². The Labute approximate surface area is 109 Å². The molecule has 0 aromatic rings. The zero-order chi connectivity index (χ0) is 14.0. The number of carboxylic acid groups (broad SMARTS) is 1. The van der Waals surface area contributed by atoms with Crippen molar-refractivity contribution in [1.82, 2.24) is 8.61 Å². The molecule has 106 valence electrons. The van der Waals surface area contributed by atoms with E-state index in [4.69, 9.17) is 5.11 Å².